The Labute approximate surface area is 84.3 Å². The highest BCUT2D eigenvalue weighted by molar-refractivity contribution is 5.78. The SMILES string of the molecule is Cc1ccc(C)n1C1CC(=O)N(C)C1. The zero-order valence-electron chi connectivity index (χ0n) is 8.95. The third-order valence-corrected chi connectivity index (χ3v) is 3.01. The molecule has 2 rings (SSSR count). The number of amides is 1. The van der Waals surface area contributed by atoms with Crippen LogP contribution >= 0.6 is 0 Å². The molecule has 0 aromatic carbocycles. The van der Waals surface area contributed by atoms with Gasteiger partial charge in [-0.15, -0.1) is 0 Å². The average Bonchev–Trinajstić information content (AvgIpc) is 2.59. The number of likely N-dealkylation sites (tertiary alicyclic amines) is 1. The van der Waals surface area contributed by atoms with E-state index in [1.165, 1.54) is 11.4 Å². The second-order valence-corrected chi connectivity index (χ2v) is 4.12. The fourth-order valence-corrected chi connectivity index (χ4v) is 2.27. The highest BCUT2D eigenvalue weighted by Crippen LogP contribution is 2.25. The van der Waals surface area contributed by atoms with Crippen LogP contribution in [0, 0.1) is 13.8 Å². The summed E-state index contributed by atoms with van der Waals surface area (Å²) in [6, 6.07) is 4.55. The Kier molecular flexibility index (Phi) is 2.10. The minimum absolute atomic E-state index is 0.252. The zero-order chi connectivity index (χ0) is 10.3. The van der Waals surface area contributed by atoms with Crippen molar-refractivity contribution in [2.45, 2.75) is 26.3 Å². The summed E-state index contributed by atoms with van der Waals surface area (Å²) in [5, 5.41) is 0. The lowest BCUT2D eigenvalue weighted by molar-refractivity contribution is -0.126. The second-order valence-electron chi connectivity index (χ2n) is 4.12. The number of hydrogen-bond donors (Lipinski definition) is 0. The first-order valence-electron chi connectivity index (χ1n) is 4.98. The summed E-state index contributed by atoms with van der Waals surface area (Å²) in [6.07, 6.45) is 0.646. The lowest BCUT2D eigenvalue weighted by Gasteiger charge is -2.16. The fourth-order valence-electron chi connectivity index (χ4n) is 2.27. The Hall–Kier alpha value is -1.25. The van der Waals surface area contributed by atoms with Crippen LogP contribution in [-0.2, 0) is 4.79 Å². The first-order chi connectivity index (χ1) is 6.59. The van der Waals surface area contributed by atoms with Crippen LogP contribution < -0.4 is 0 Å². The van der Waals surface area contributed by atoms with E-state index < -0.39 is 0 Å². The van der Waals surface area contributed by atoms with Gasteiger partial charge in [0.25, 0.3) is 0 Å². The van der Waals surface area contributed by atoms with Crippen LogP contribution in [0.2, 0.25) is 0 Å². The molecule has 0 bridgehead atoms. The quantitative estimate of drug-likeness (QED) is 0.662. The molecule has 1 aliphatic rings. The van der Waals surface area contributed by atoms with Gasteiger partial charge in [0.15, 0.2) is 0 Å². The van der Waals surface area contributed by atoms with Crippen molar-refractivity contribution in [3.8, 4) is 0 Å². The van der Waals surface area contributed by atoms with Gasteiger partial charge in [0.1, 0.15) is 0 Å². The molecule has 1 aromatic heterocycles. The van der Waals surface area contributed by atoms with E-state index in [2.05, 4.69) is 30.5 Å². The van der Waals surface area contributed by atoms with Gasteiger partial charge in [0.2, 0.25) is 5.91 Å². The molecular weight excluding hydrogens is 176 g/mol. The van der Waals surface area contributed by atoms with Gasteiger partial charge in [0.05, 0.1) is 6.04 Å². The Bertz CT molecular complexity index is 348. The molecule has 1 aromatic rings. The van der Waals surface area contributed by atoms with Gasteiger partial charge in [-0.2, -0.15) is 0 Å². The molecule has 1 amide bonds. The lowest BCUT2D eigenvalue weighted by Crippen LogP contribution is -2.20. The van der Waals surface area contributed by atoms with Crippen molar-refractivity contribution in [3.05, 3.63) is 23.5 Å². The highest BCUT2D eigenvalue weighted by atomic mass is 16.2. The van der Waals surface area contributed by atoms with Gasteiger partial charge in [-0.1, -0.05) is 0 Å². The van der Waals surface area contributed by atoms with E-state index in [0.717, 1.165) is 6.54 Å². The van der Waals surface area contributed by atoms with Crippen molar-refractivity contribution in [3.63, 3.8) is 0 Å². The Morgan fingerprint density at radius 3 is 2.29 bits per heavy atom. The smallest absolute Gasteiger partial charge is 0.224 e. The van der Waals surface area contributed by atoms with Gasteiger partial charge < -0.3 is 9.47 Å². The summed E-state index contributed by atoms with van der Waals surface area (Å²) in [6.45, 7) is 5.03. The Balaban J connectivity index is 2.29. The van der Waals surface area contributed by atoms with Crippen molar-refractivity contribution in [1.29, 1.82) is 0 Å². The summed E-state index contributed by atoms with van der Waals surface area (Å²) in [7, 11) is 1.87. The molecule has 1 aliphatic heterocycles. The van der Waals surface area contributed by atoms with Crippen molar-refractivity contribution in [2.24, 2.45) is 0 Å². The van der Waals surface area contributed by atoms with Crippen LogP contribution in [0.5, 0.6) is 0 Å². The van der Waals surface area contributed by atoms with Gasteiger partial charge in [-0.3, -0.25) is 4.79 Å². The number of likely N-dealkylation sites (N-methyl/N-ethyl adjacent to an activating group) is 1. The molecular formula is C11H16N2O. The molecule has 1 atom stereocenters. The van der Waals surface area contributed by atoms with Crippen molar-refractivity contribution < 1.29 is 4.79 Å². The molecule has 14 heavy (non-hydrogen) atoms. The molecule has 2 heterocycles. The monoisotopic (exact) mass is 192 g/mol. The van der Waals surface area contributed by atoms with E-state index in [-0.39, 0.29) is 5.91 Å². The summed E-state index contributed by atoms with van der Waals surface area (Å²) < 4.78 is 2.27. The first-order valence-corrected chi connectivity index (χ1v) is 4.98. The maximum absolute atomic E-state index is 11.4. The minimum Gasteiger partial charge on any atom is -0.344 e. The third-order valence-electron chi connectivity index (χ3n) is 3.01. The first kappa shape index (κ1) is 9.31. The molecule has 0 saturated carbocycles. The van der Waals surface area contributed by atoms with E-state index >= 15 is 0 Å². The molecule has 76 valence electrons. The number of rotatable bonds is 1. The molecule has 0 spiro atoms. The zero-order valence-corrected chi connectivity index (χ0v) is 8.95. The van der Waals surface area contributed by atoms with Crippen LogP contribution in [0.1, 0.15) is 23.9 Å². The Morgan fingerprint density at radius 2 is 1.86 bits per heavy atom. The number of carbonyl (C=O) groups excluding carboxylic acids is 1. The summed E-state index contributed by atoms with van der Waals surface area (Å²) >= 11 is 0. The van der Waals surface area contributed by atoms with Crippen LogP contribution in [-0.4, -0.2) is 29.0 Å². The van der Waals surface area contributed by atoms with Gasteiger partial charge in [0, 0.05) is 31.4 Å². The molecule has 1 unspecified atom stereocenters. The molecule has 1 saturated heterocycles. The molecule has 1 fully saturated rings. The van der Waals surface area contributed by atoms with Crippen LogP contribution in [0.25, 0.3) is 0 Å². The van der Waals surface area contributed by atoms with Crippen molar-refractivity contribution in [2.75, 3.05) is 13.6 Å². The van der Waals surface area contributed by atoms with Gasteiger partial charge in [-0.05, 0) is 26.0 Å². The summed E-state index contributed by atoms with van der Waals surface area (Å²) in [5.74, 6) is 0.252. The molecule has 0 radical (unpaired) electrons. The van der Waals surface area contributed by atoms with Gasteiger partial charge in [-0.25, -0.2) is 0 Å². The largest absolute Gasteiger partial charge is 0.344 e. The number of hydrogen-bond acceptors (Lipinski definition) is 1. The topological polar surface area (TPSA) is 25.2 Å². The maximum Gasteiger partial charge on any atom is 0.224 e. The predicted molar refractivity (Wildman–Crippen MR) is 55.2 cm³/mol. The number of carbonyl (C=O) groups is 1. The normalized spacial score (nSPS) is 22.1. The minimum atomic E-state index is 0.252. The van der Waals surface area contributed by atoms with E-state index in [4.69, 9.17) is 0 Å². The van der Waals surface area contributed by atoms with E-state index in [1.807, 2.05) is 11.9 Å². The third kappa shape index (κ3) is 1.33. The van der Waals surface area contributed by atoms with E-state index in [0.29, 0.717) is 12.5 Å². The number of aromatic nitrogens is 1. The standard InChI is InChI=1S/C11H16N2O/c1-8-4-5-9(2)13(8)10-6-11(14)12(3)7-10/h4-5,10H,6-7H2,1-3H3. The van der Waals surface area contributed by atoms with Crippen LogP contribution in [0.3, 0.4) is 0 Å². The van der Waals surface area contributed by atoms with E-state index in [9.17, 15) is 4.79 Å². The lowest BCUT2D eigenvalue weighted by atomic mass is 10.2. The summed E-state index contributed by atoms with van der Waals surface area (Å²) in [5.41, 5.74) is 2.49. The van der Waals surface area contributed by atoms with Crippen LogP contribution in [0.4, 0.5) is 0 Å². The fraction of sp³-hybridized carbons (Fsp3) is 0.545. The molecule has 3 nitrogen and oxygen atoms in total. The number of nitrogens with zero attached hydrogens (tertiary/aromatic N) is 2. The Morgan fingerprint density at radius 1 is 1.29 bits per heavy atom. The van der Waals surface area contributed by atoms with Crippen molar-refractivity contribution >= 4 is 5.91 Å². The predicted octanol–water partition coefficient (Wildman–Crippen LogP) is 1.51. The number of aryl methyl sites for hydroxylation is 2. The van der Waals surface area contributed by atoms with Gasteiger partial charge >= 0.3 is 0 Å². The average molecular weight is 192 g/mol. The molecule has 0 N–H and O–H groups in total. The second kappa shape index (κ2) is 3.15. The molecule has 3 heteroatoms. The van der Waals surface area contributed by atoms with Crippen LogP contribution in [0.15, 0.2) is 12.1 Å². The summed E-state index contributed by atoms with van der Waals surface area (Å²) in [4.78, 5) is 13.2. The molecule has 0 aliphatic carbocycles. The maximum atomic E-state index is 11.4. The van der Waals surface area contributed by atoms with Crippen molar-refractivity contribution in [1.82, 2.24) is 9.47 Å². The van der Waals surface area contributed by atoms with E-state index in [1.54, 1.807) is 0 Å². The highest BCUT2D eigenvalue weighted by Gasteiger charge is 2.28.